The molecule has 0 unspecified atom stereocenters. The Morgan fingerprint density at radius 3 is 2.50 bits per heavy atom. The Kier molecular flexibility index (Phi) is 3.49. The van der Waals surface area contributed by atoms with Crippen molar-refractivity contribution in [1.82, 2.24) is 4.98 Å². The molecule has 0 fully saturated rings. The van der Waals surface area contributed by atoms with Crippen LogP contribution in [0.3, 0.4) is 0 Å². The van der Waals surface area contributed by atoms with E-state index in [9.17, 15) is 13.2 Å². The smallest absolute Gasteiger partial charge is 0.330 e. The highest BCUT2D eigenvalue weighted by atomic mass is 79.9. The molecule has 1 aromatic rings. The summed E-state index contributed by atoms with van der Waals surface area (Å²) in [6, 6.07) is 1.01. The van der Waals surface area contributed by atoms with Crippen molar-refractivity contribution in [2.45, 2.75) is 12.6 Å². The van der Waals surface area contributed by atoms with E-state index in [0.29, 0.717) is 23.1 Å². The van der Waals surface area contributed by atoms with Crippen LogP contribution in [0.25, 0.3) is 0 Å². The molecule has 0 bridgehead atoms. The Bertz CT molecular complexity index is 325. The molecule has 0 atom stereocenters. The van der Waals surface area contributed by atoms with Crippen molar-refractivity contribution in [2.75, 3.05) is 6.54 Å². The lowest BCUT2D eigenvalue weighted by Gasteiger charge is -2.08. The monoisotopic (exact) mass is 268 g/mol. The van der Waals surface area contributed by atoms with Crippen LogP contribution in [0.1, 0.15) is 11.3 Å². The molecule has 1 aromatic heterocycles. The highest BCUT2D eigenvalue weighted by Gasteiger charge is 2.31. The summed E-state index contributed by atoms with van der Waals surface area (Å²) >= 11 is 3.02. The SMILES string of the molecule is NCCc1ncc(C(F)(F)F)cc1Br. The van der Waals surface area contributed by atoms with Crippen molar-refractivity contribution in [3.63, 3.8) is 0 Å². The fraction of sp³-hybridized carbons (Fsp3) is 0.375. The Labute approximate surface area is 87.4 Å². The van der Waals surface area contributed by atoms with Crippen molar-refractivity contribution in [3.05, 3.63) is 28.0 Å². The summed E-state index contributed by atoms with van der Waals surface area (Å²) in [5, 5.41) is 0. The Hall–Kier alpha value is -0.620. The maximum absolute atomic E-state index is 12.2. The van der Waals surface area contributed by atoms with E-state index in [1.165, 1.54) is 0 Å². The second kappa shape index (κ2) is 4.27. The highest BCUT2D eigenvalue weighted by molar-refractivity contribution is 9.10. The minimum atomic E-state index is -4.35. The van der Waals surface area contributed by atoms with Crippen LogP contribution >= 0.6 is 15.9 Å². The zero-order valence-electron chi connectivity index (χ0n) is 7.11. The summed E-state index contributed by atoms with van der Waals surface area (Å²) in [4.78, 5) is 3.69. The molecule has 2 N–H and O–H groups in total. The molecule has 78 valence electrons. The van der Waals surface area contributed by atoms with Gasteiger partial charge in [0.25, 0.3) is 0 Å². The average Bonchev–Trinajstić information content (AvgIpc) is 2.07. The number of pyridine rings is 1. The average molecular weight is 269 g/mol. The molecule has 0 aliphatic rings. The van der Waals surface area contributed by atoms with Crippen LogP contribution in [0.2, 0.25) is 0 Å². The Balaban J connectivity index is 3.01. The molecule has 0 saturated carbocycles. The fourth-order valence-electron chi connectivity index (χ4n) is 0.942. The molecule has 0 spiro atoms. The standard InChI is InChI=1S/C8H8BrF3N2/c9-6-3-5(8(10,11)12)4-14-7(6)1-2-13/h3-4H,1-2,13H2. The Morgan fingerprint density at radius 1 is 1.43 bits per heavy atom. The van der Waals surface area contributed by atoms with Crippen LogP contribution in [-0.2, 0) is 12.6 Å². The molecule has 0 aliphatic carbocycles. The van der Waals surface area contributed by atoms with Crippen LogP contribution in [0.4, 0.5) is 13.2 Å². The predicted molar refractivity (Wildman–Crippen MR) is 49.7 cm³/mol. The van der Waals surface area contributed by atoms with Gasteiger partial charge in [0, 0.05) is 17.1 Å². The molecule has 0 saturated heterocycles. The molecule has 6 heteroatoms. The van der Waals surface area contributed by atoms with Gasteiger partial charge in [-0.15, -0.1) is 0 Å². The lowest BCUT2D eigenvalue weighted by Crippen LogP contribution is -2.09. The van der Waals surface area contributed by atoms with E-state index in [2.05, 4.69) is 20.9 Å². The summed E-state index contributed by atoms with van der Waals surface area (Å²) in [5.74, 6) is 0. The van der Waals surface area contributed by atoms with Gasteiger partial charge in [-0.05, 0) is 28.5 Å². The number of hydrogen-bond donors (Lipinski definition) is 1. The molecule has 1 rings (SSSR count). The van der Waals surface area contributed by atoms with E-state index in [0.717, 1.165) is 12.3 Å². The molecule has 2 nitrogen and oxygen atoms in total. The number of aromatic nitrogens is 1. The highest BCUT2D eigenvalue weighted by Crippen LogP contribution is 2.31. The first-order valence-electron chi connectivity index (χ1n) is 3.87. The van der Waals surface area contributed by atoms with Crippen LogP contribution in [0, 0.1) is 0 Å². The van der Waals surface area contributed by atoms with Gasteiger partial charge < -0.3 is 5.73 Å². The van der Waals surface area contributed by atoms with Crippen LogP contribution < -0.4 is 5.73 Å². The first kappa shape index (κ1) is 11.5. The molecule has 14 heavy (non-hydrogen) atoms. The van der Waals surface area contributed by atoms with Gasteiger partial charge in [0.05, 0.1) is 11.3 Å². The molecule has 0 amide bonds. The van der Waals surface area contributed by atoms with E-state index in [-0.39, 0.29) is 0 Å². The van der Waals surface area contributed by atoms with E-state index in [4.69, 9.17) is 5.73 Å². The number of nitrogens with two attached hydrogens (primary N) is 1. The number of nitrogens with zero attached hydrogens (tertiary/aromatic N) is 1. The molecule has 0 radical (unpaired) electrons. The maximum Gasteiger partial charge on any atom is 0.417 e. The molecular formula is C8H8BrF3N2. The zero-order valence-corrected chi connectivity index (χ0v) is 8.69. The molecular weight excluding hydrogens is 261 g/mol. The lowest BCUT2D eigenvalue weighted by molar-refractivity contribution is -0.137. The van der Waals surface area contributed by atoms with Gasteiger partial charge in [0.1, 0.15) is 0 Å². The predicted octanol–water partition coefficient (Wildman–Crippen LogP) is 2.36. The molecule has 0 aliphatic heterocycles. The van der Waals surface area contributed by atoms with Crippen molar-refractivity contribution >= 4 is 15.9 Å². The van der Waals surface area contributed by atoms with E-state index >= 15 is 0 Å². The third-order valence-electron chi connectivity index (χ3n) is 1.63. The van der Waals surface area contributed by atoms with Gasteiger partial charge in [-0.2, -0.15) is 13.2 Å². The van der Waals surface area contributed by atoms with Crippen molar-refractivity contribution in [3.8, 4) is 0 Å². The molecule has 0 aromatic carbocycles. The summed E-state index contributed by atoms with van der Waals surface area (Å²) in [5.41, 5.74) is 5.05. The maximum atomic E-state index is 12.2. The lowest BCUT2D eigenvalue weighted by atomic mass is 10.2. The van der Waals surface area contributed by atoms with Gasteiger partial charge >= 0.3 is 6.18 Å². The van der Waals surface area contributed by atoms with Crippen molar-refractivity contribution in [1.29, 1.82) is 0 Å². The third kappa shape index (κ3) is 2.68. The van der Waals surface area contributed by atoms with E-state index < -0.39 is 11.7 Å². The molecule has 1 heterocycles. The van der Waals surface area contributed by atoms with Crippen LogP contribution in [0.5, 0.6) is 0 Å². The number of hydrogen-bond acceptors (Lipinski definition) is 2. The van der Waals surface area contributed by atoms with Crippen molar-refractivity contribution in [2.24, 2.45) is 5.73 Å². The van der Waals surface area contributed by atoms with Crippen LogP contribution in [0.15, 0.2) is 16.7 Å². The Morgan fingerprint density at radius 2 is 2.07 bits per heavy atom. The van der Waals surface area contributed by atoms with Crippen LogP contribution in [-0.4, -0.2) is 11.5 Å². The normalized spacial score (nSPS) is 11.8. The minimum Gasteiger partial charge on any atom is -0.330 e. The summed E-state index contributed by atoms with van der Waals surface area (Å²) in [7, 11) is 0. The third-order valence-corrected chi connectivity index (χ3v) is 2.31. The minimum absolute atomic E-state index is 0.345. The van der Waals surface area contributed by atoms with Gasteiger partial charge in [-0.3, -0.25) is 4.98 Å². The summed E-state index contributed by atoms with van der Waals surface area (Å²) < 4.78 is 36.9. The second-order valence-electron chi connectivity index (χ2n) is 2.69. The first-order valence-corrected chi connectivity index (χ1v) is 4.66. The number of rotatable bonds is 2. The second-order valence-corrected chi connectivity index (χ2v) is 3.54. The summed E-state index contributed by atoms with van der Waals surface area (Å²) in [6.45, 7) is 0.358. The largest absolute Gasteiger partial charge is 0.417 e. The number of halogens is 4. The van der Waals surface area contributed by atoms with Crippen molar-refractivity contribution < 1.29 is 13.2 Å². The van der Waals surface area contributed by atoms with Gasteiger partial charge in [0.2, 0.25) is 0 Å². The quantitative estimate of drug-likeness (QED) is 0.895. The van der Waals surface area contributed by atoms with E-state index in [1.807, 2.05) is 0 Å². The first-order chi connectivity index (χ1) is 6.45. The number of alkyl halides is 3. The summed E-state index contributed by atoms with van der Waals surface area (Å²) in [6.07, 6.45) is -3.08. The van der Waals surface area contributed by atoms with Gasteiger partial charge in [-0.1, -0.05) is 0 Å². The zero-order chi connectivity index (χ0) is 10.8. The van der Waals surface area contributed by atoms with Gasteiger partial charge in [-0.25, -0.2) is 0 Å². The fourth-order valence-corrected chi connectivity index (χ4v) is 1.49. The van der Waals surface area contributed by atoms with Gasteiger partial charge in [0.15, 0.2) is 0 Å². The topological polar surface area (TPSA) is 38.9 Å². The van der Waals surface area contributed by atoms with E-state index in [1.54, 1.807) is 0 Å².